The van der Waals surface area contributed by atoms with Crippen LogP contribution in [-0.2, 0) is 4.79 Å². The Kier molecular flexibility index (Phi) is 4.92. The average Bonchev–Trinajstić information content (AvgIpc) is 3.07. The summed E-state index contributed by atoms with van der Waals surface area (Å²) in [5.41, 5.74) is 1.34. The Morgan fingerprint density at radius 1 is 1.14 bits per heavy atom. The minimum atomic E-state index is -0.373. The molecule has 0 saturated carbocycles. The summed E-state index contributed by atoms with van der Waals surface area (Å²) in [4.78, 5) is 26.4. The molecular weight excluding hydrogens is 362 g/mol. The molecule has 2 aliphatic rings. The molecule has 0 bridgehead atoms. The highest BCUT2D eigenvalue weighted by Crippen LogP contribution is 2.32. The minimum absolute atomic E-state index is 0.0436. The Morgan fingerprint density at radius 3 is 2.79 bits per heavy atom. The summed E-state index contributed by atoms with van der Waals surface area (Å²) < 4.78 is 16.2. The number of ether oxygens (including phenoxy) is 3. The van der Waals surface area contributed by atoms with Crippen LogP contribution in [-0.4, -0.2) is 44.8 Å². The molecule has 0 radical (unpaired) electrons. The fourth-order valence-corrected chi connectivity index (χ4v) is 3.31. The third-order valence-electron chi connectivity index (χ3n) is 4.63. The van der Waals surface area contributed by atoms with Crippen LogP contribution in [0.1, 0.15) is 6.42 Å². The molecule has 2 aromatic rings. The van der Waals surface area contributed by atoms with E-state index in [2.05, 4.69) is 10.6 Å². The van der Waals surface area contributed by atoms with Gasteiger partial charge in [0.05, 0.1) is 13.2 Å². The van der Waals surface area contributed by atoms with Gasteiger partial charge in [-0.15, -0.1) is 0 Å². The van der Waals surface area contributed by atoms with Crippen LogP contribution in [0.15, 0.2) is 42.5 Å². The molecule has 8 nitrogen and oxygen atoms in total. The Hall–Kier alpha value is -3.42. The van der Waals surface area contributed by atoms with E-state index >= 15 is 0 Å². The fraction of sp³-hybridized carbons (Fsp3) is 0.300. The molecule has 28 heavy (non-hydrogen) atoms. The van der Waals surface area contributed by atoms with E-state index in [-0.39, 0.29) is 24.4 Å². The Labute approximate surface area is 162 Å². The topological polar surface area (TPSA) is 89.1 Å². The number of hydrogen-bond acceptors (Lipinski definition) is 5. The number of amides is 3. The predicted octanol–water partition coefficient (Wildman–Crippen LogP) is 2.39. The van der Waals surface area contributed by atoms with Gasteiger partial charge >= 0.3 is 6.03 Å². The van der Waals surface area contributed by atoms with E-state index < -0.39 is 0 Å². The van der Waals surface area contributed by atoms with Crippen LogP contribution in [0.4, 0.5) is 16.2 Å². The van der Waals surface area contributed by atoms with Crippen molar-refractivity contribution < 1.29 is 23.8 Å². The number of nitrogens with one attached hydrogen (secondary N) is 2. The number of fused-ring (bicyclic) bond motifs is 1. The lowest BCUT2D eigenvalue weighted by atomic mass is 10.2. The van der Waals surface area contributed by atoms with Gasteiger partial charge in [-0.1, -0.05) is 6.07 Å². The highest BCUT2D eigenvalue weighted by molar-refractivity contribution is 5.97. The van der Waals surface area contributed by atoms with Crippen LogP contribution >= 0.6 is 0 Å². The first-order valence-electron chi connectivity index (χ1n) is 9.04. The SMILES string of the molecule is COc1cccc(N2C[C@@H](NC(=O)Nc3ccc4c(c3)OCCO4)CC2=O)c1. The molecule has 0 unspecified atom stereocenters. The number of urea groups is 1. The zero-order valence-electron chi connectivity index (χ0n) is 15.4. The van der Waals surface area contributed by atoms with Crippen molar-refractivity contribution in [1.82, 2.24) is 5.32 Å². The lowest BCUT2D eigenvalue weighted by Crippen LogP contribution is -2.39. The van der Waals surface area contributed by atoms with E-state index in [1.165, 1.54) is 0 Å². The molecular formula is C20H21N3O5. The number of benzene rings is 2. The van der Waals surface area contributed by atoms with Gasteiger partial charge in [0.1, 0.15) is 19.0 Å². The van der Waals surface area contributed by atoms with Crippen molar-refractivity contribution in [3.63, 3.8) is 0 Å². The van der Waals surface area contributed by atoms with Gasteiger partial charge in [-0.05, 0) is 24.3 Å². The van der Waals surface area contributed by atoms with E-state index in [9.17, 15) is 9.59 Å². The zero-order valence-corrected chi connectivity index (χ0v) is 15.4. The second kappa shape index (κ2) is 7.67. The monoisotopic (exact) mass is 383 g/mol. The molecule has 0 spiro atoms. The van der Waals surface area contributed by atoms with Crippen molar-refractivity contribution in [1.29, 1.82) is 0 Å². The smallest absolute Gasteiger partial charge is 0.319 e. The number of rotatable bonds is 4. The quantitative estimate of drug-likeness (QED) is 0.846. The number of nitrogens with zero attached hydrogens (tertiary/aromatic N) is 1. The van der Waals surface area contributed by atoms with Gasteiger partial charge < -0.3 is 29.7 Å². The van der Waals surface area contributed by atoms with Crippen molar-refractivity contribution in [3.8, 4) is 17.2 Å². The lowest BCUT2D eigenvalue weighted by Gasteiger charge is -2.20. The van der Waals surface area contributed by atoms with Gasteiger partial charge in [0, 0.05) is 36.5 Å². The molecule has 1 atom stereocenters. The second-order valence-electron chi connectivity index (χ2n) is 6.56. The summed E-state index contributed by atoms with van der Waals surface area (Å²) in [5.74, 6) is 1.90. The maximum atomic E-state index is 12.4. The number of methoxy groups -OCH3 is 1. The van der Waals surface area contributed by atoms with E-state index in [0.29, 0.717) is 42.7 Å². The number of anilines is 2. The van der Waals surface area contributed by atoms with E-state index in [1.807, 2.05) is 18.2 Å². The first kappa shape index (κ1) is 18.0. The summed E-state index contributed by atoms with van der Waals surface area (Å²) in [7, 11) is 1.58. The molecule has 4 rings (SSSR count). The zero-order chi connectivity index (χ0) is 19.5. The molecule has 2 N–H and O–H groups in total. The van der Waals surface area contributed by atoms with Gasteiger partial charge in [-0.25, -0.2) is 4.79 Å². The molecule has 2 aliphatic heterocycles. The standard InChI is InChI=1S/C20H21N3O5/c1-26-16-4-2-3-15(11-16)23-12-14(10-19(23)24)22-20(25)21-13-5-6-17-18(9-13)28-8-7-27-17/h2-6,9,11,14H,7-8,10,12H2,1H3,(H2,21,22,25)/t14-/m0/s1. The van der Waals surface area contributed by atoms with Gasteiger partial charge in [-0.3, -0.25) is 4.79 Å². The molecule has 146 valence electrons. The van der Waals surface area contributed by atoms with Crippen LogP contribution in [0.3, 0.4) is 0 Å². The van der Waals surface area contributed by atoms with E-state index in [0.717, 1.165) is 5.69 Å². The lowest BCUT2D eigenvalue weighted by molar-refractivity contribution is -0.117. The van der Waals surface area contributed by atoms with E-state index in [1.54, 1.807) is 36.3 Å². The third-order valence-corrected chi connectivity index (χ3v) is 4.63. The molecule has 3 amide bonds. The van der Waals surface area contributed by atoms with Gasteiger partial charge in [0.2, 0.25) is 5.91 Å². The predicted molar refractivity (Wildman–Crippen MR) is 103 cm³/mol. The first-order valence-corrected chi connectivity index (χ1v) is 9.04. The van der Waals surface area contributed by atoms with Gasteiger partial charge in [0.15, 0.2) is 11.5 Å². The number of hydrogen-bond donors (Lipinski definition) is 2. The molecule has 0 aliphatic carbocycles. The van der Waals surface area contributed by atoms with Crippen LogP contribution in [0.2, 0.25) is 0 Å². The summed E-state index contributed by atoms with van der Waals surface area (Å²) in [6, 6.07) is 11.9. The molecule has 1 fully saturated rings. The minimum Gasteiger partial charge on any atom is -0.497 e. The van der Waals surface area contributed by atoms with Crippen LogP contribution in [0.25, 0.3) is 0 Å². The molecule has 1 saturated heterocycles. The van der Waals surface area contributed by atoms with Gasteiger partial charge in [-0.2, -0.15) is 0 Å². The molecule has 2 heterocycles. The van der Waals surface area contributed by atoms with Crippen molar-refractivity contribution >= 4 is 23.3 Å². The van der Waals surface area contributed by atoms with Crippen molar-refractivity contribution in [2.75, 3.05) is 37.1 Å². The number of carbonyl (C=O) groups is 2. The van der Waals surface area contributed by atoms with Gasteiger partial charge in [0.25, 0.3) is 0 Å². The summed E-state index contributed by atoms with van der Waals surface area (Å²) in [6.07, 6.45) is 0.242. The Bertz CT molecular complexity index is 901. The van der Waals surface area contributed by atoms with Crippen molar-refractivity contribution in [2.45, 2.75) is 12.5 Å². The molecule has 8 heteroatoms. The highest BCUT2D eigenvalue weighted by atomic mass is 16.6. The molecule has 2 aromatic carbocycles. The second-order valence-corrected chi connectivity index (χ2v) is 6.56. The van der Waals surface area contributed by atoms with Crippen molar-refractivity contribution in [3.05, 3.63) is 42.5 Å². The molecule has 0 aromatic heterocycles. The van der Waals surface area contributed by atoms with Crippen molar-refractivity contribution in [2.24, 2.45) is 0 Å². The number of carbonyl (C=O) groups excluding carboxylic acids is 2. The third kappa shape index (κ3) is 3.80. The average molecular weight is 383 g/mol. The highest BCUT2D eigenvalue weighted by Gasteiger charge is 2.31. The normalized spacial score (nSPS) is 18.0. The van der Waals surface area contributed by atoms with Crippen LogP contribution < -0.4 is 29.7 Å². The summed E-state index contributed by atoms with van der Waals surface area (Å²) in [5, 5.41) is 5.62. The summed E-state index contributed by atoms with van der Waals surface area (Å²) >= 11 is 0. The maximum Gasteiger partial charge on any atom is 0.319 e. The maximum absolute atomic E-state index is 12.4. The first-order chi connectivity index (χ1) is 13.6. The largest absolute Gasteiger partial charge is 0.497 e. The Morgan fingerprint density at radius 2 is 1.96 bits per heavy atom. The summed E-state index contributed by atoms with van der Waals surface area (Å²) in [6.45, 7) is 1.40. The van der Waals surface area contributed by atoms with Crippen LogP contribution in [0.5, 0.6) is 17.2 Å². The van der Waals surface area contributed by atoms with Crippen LogP contribution in [0, 0.1) is 0 Å². The van der Waals surface area contributed by atoms with E-state index in [4.69, 9.17) is 14.2 Å². The Balaban J connectivity index is 1.37. The fourth-order valence-electron chi connectivity index (χ4n) is 3.31.